The lowest BCUT2D eigenvalue weighted by molar-refractivity contribution is -0.123. The molecular weight excluding hydrogens is 406 g/mol. The van der Waals surface area contributed by atoms with Gasteiger partial charge in [-0.25, -0.2) is 12.7 Å². The van der Waals surface area contributed by atoms with Crippen LogP contribution in [0.1, 0.15) is 15.9 Å². The van der Waals surface area contributed by atoms with Gasteiger partial charge in [0.1, 0.15) is 10.6 Å². The number of hydrogen-bond donors (Lipinski definition) is 2. The second-order valence-corrected chi connectivity index (χ2v) is 8.57. The van der Waals surface area contributed by atoms with E-state index in [0.717, 1.165) is 15.9 Å². The van der Waals surface area contributed by atoms with Crippen molar-refractivity contribution in [3.05, 3.63) is 58.6 Å². The largest absolute Gasteiger partial charge is 0.484 e. The van der Waals surface area contributed by atoms with E-state index in [0.29, 0.717) is 5.75 Å². The minimum absolute atomic E-state index is 0.0131. The van der Waals surface area contributed by atoms with Crippen LogP contribution in [0.15, 0.2) is 47.4 Å². The molecule has 0 aliphatic heterocycles. The van der Waals surface area contributed by atoms with Crippen LogP contribution in [0.25, 0.3) is 0 Å². The Bertz CT molecular complexity index is 992. The minimum atomic E-state index is -3.82. The van der Waals surface area contributed by atoms with E-state index in [1.54, 1.807) is 18.2 Å². The van der Waals surface area contributed by atoms with Crippen LogP contribution in [0, 0.1) is 6.92 Å². The number of hydrogen-bond acceptors (Lipinski definition) is 5. The zero-order valence-electron chi connectivity index (χ0n) is 15.5. The van der Waals surface area contributed by atoms with E-state index in [4.69, 9.17) is 16.3 Å². The minimum Gasteiger partial charge on any atom is -0.484 e. The monoisotopic (exact) mass is 425 g/mol. The molecule has 0 aliphatic carbocycles. The Hall–Kier alpha value is -2.62. The number of rotatable bonds is 6. The van der Waals surface area contributed by atoms with Gasteiger partial charge in [0.25, 0.3) is 11.8 Å². The Morgan fingerprint density at radius 2 is 1.82 bits per heavy atom. The molecule has 0 aliphatic rings. The first-order valence-electron chi connectivity index (χ1n) is 8.12. The Labute approximate surface area is 168 Å². The molecule has 2 rings (SSSR count). The van der Waals surface area contributed by atoms with Gasteiger partial charge in [0.05, 0.1) is 5.02 Å². The van der Waals surface area contributed by atoms with Crippen molar-refractivity contribution in [2.45, 2.75) is 11.8 Å². The van der Waals surface area contributed by atoms with Crippen molar-refractivity contribution >= 4 is 33.4 Å². The van der Waals surface area contributed by atoms with Gasteiger partial charge in [-0.3, -0.25) is 20.4 Å². The van der Waals surface area contributed by atoms with Crippen LogP contribution < -0.4 is 15.6 Å². The Balaban J connectivity index is 1.98. The number of ether oxygens (including phenoxy) is 1. The third kappa shape index (κ3) is 5.44. The molecule has 0 heterocycles. The van der Waals surface area contributed by atoms with Crippen LogP contribution in [-0.2, 0) is 14.8 Å². The number of benzene rings is 2. The van der Waals surface area contributed by atoms with E-state index in [9.17, 15) is 18.0 Å². The number of carbonyl (C=O) groups excluding carboxylic acids is 2. The summed E-state index contributed by atoms with van der Waals surface area (Å²) in [6, 6.07) is 11.0. The first kappa shape index (κ1) is 21.7. The number of amides is 2. The molecule has 0 bridgehead atoms. The first-order valence-corrected chi connectivity index (χ1v) is 9.94. The van der Waals surface area contributed by atoms with Crippen LogP contribution in [0.4, 0.5) is 0 Å². The molecule has 2 N–H and O–H groups in total. The van der Waals surface area contributed by atoms with Crippen molar-refractivity contribution in [2.24, 2.45) is 0 Å². The fourth-order valence-electron chi connectivity index (χ4n) is 2.13. The van der Waals surface area contributed by atoms with Gasteiger partial charge in [-0.2, -0.15) is 0 Å². The van der Waals surface area contributed by atoms with Crippen molar-refractivity contribution in [1.82, 2.24) is 15.2 Å². The molecule has 0 spiro atoms. The van der Waals surface area contributed by atoms with Crippen LogP contribution in [0.3, 0.4) is 0 Å². The van der Waals surface area contributed by atoms with Crippen LogP contribution >= 0.6 is 11.6 Å². The maximum absolute atomic E-state index is 12.3. The fourth-order valence-corrected chi connectivity index (χ4v) is 3.52. The van der Waals surface area contributed by atoms with Gasteiger partial charge < -0.3 is 4.74 Å². The first-order chi connectivity index (χ1) is 13.1. The molecule has 2 aromatic rings. The lowest BCUT2D eigenvalue weighted by atomic mass is 10.2. The number of hydrazine groups is 1. The highest BCUT2D eigenvalue weighted by Crippen LogP contribution is 2.24. The van der Waals surface area contributed by atoms with E-state index in [1.165, 1.54) is 26.2 Å². The van der Waals surface area contributed by atoms with Gasteiger partial charge in [0, 0.05) is 19.7 Å². The van der Waals surface area contributed by atoms with E-state index < -0.39 is 21.8 Å². The van der Waals surface area contributed by atoms with E-state index in [2.05, 4.69) is 10.9 Å². The third-order valence-electron chi connectivity index (χ3n) is 3.63. The molecule has 2 aromatic carbocycles. The number of aryl methyl sites for hydroxylation is 1. The molecule has 2 amide bonds. The lowest BCUT2D eigenvalue weighted by Gasteiger charge is -2.14. The van der Waals surface area contributed by atoms with E-state index in [-0.39, 0.29) is 22.1 Å². The molecule has 0 fully saturated rings. The molecule has 0 saturated carbocycles. The zero-order valence-corrected chi connectivity index (χ0v) is 17.1. The van der Waals surface area contributed by atoms with Gasteiger partial charge in [0.2, 0.25) is 10.0 Å². The number of sulfonamides is 1. The summed E-state index contributed by atoms with van der Waals surface area (Å²) in [6.45, 7) is 1.59. The molecule has 0 saturated heterocycles. The normalized spacial score (nSPS) is 11.2. The lowest BCUT2D eigenvalue weighted by Crippen LogP contribution is -2.43. The van der Waals surface area contributed by atoms with Gasteiger partial charge >= 0.3 is 0 Å². The quantitative estimate of drug-likeness (QED) is 0.686. The average Bonchev–Trinajstić information content (AvgIpc) is 2.64. The summed E-state index contributed by atoms with van der Waals surface area (Å²) in [5.41, 5.74) is 5.41. The average molecular weight is 426 g/mol. The standard InChI is InChI=1S/C18H20ClN3O5S/c1-12-5-4-6-14(9-12)27-11-17(23)20-21-18(24)13-7-8-15(19)16(10-13)28(25,26)22(2)3/h4-10H,11H2,1-3H3,(H,20,23)(H,21,24). The topological polar surface area (TPSA) is 105 Å². The Morgan fingerprint density at radius 1 is 1.11 bits per heavy atom. The second-order valence-electron chi connectivity index (χ2n) is 6.04. The molecule has 0 atom stereocenters. The number of carbonyl (C=O) groups is 2. The molecule has 28 heavy (non-hydrogen) atoms. The van der Waals surface area contributed by atoms with Crippen molar-refractivity contribution in [3.8, 4) is 5.75 Å². The van der Waals surface area contributed by atoms with E-state index in [1.807, 2.05) is 13.0 Å². The van der Waals surface area contributed by atoms with Crippen LogP contribution in [0.2, 0.25) is 5.02 Å². The Morgan fingerprint density at radius 3 is 2.46 bits per heavy atom. The fraction of sp³-hybridized carbons (Fsp3) is 0.222. The molecule has 8 nitrogen and oxygen atoms in total. The van der Waals surface area contributed by atoms with Gasteiger partial charge in [-0.15, -0.1) is 0 Å². The van der Waals surface area contributed by atoms with Gasteiger partial charge in [0.15, 0.2) is 6.61 Å². The number of nitrogens with zero attached hydrogens (tertiary/aromatic N) is 1. The highest BCUT2D eigenvalue weighted by molar-refractivity contribution is 7.89. The molecule has 0 unspecified atom stereocenters. The molecule has 150 valence electrons. The zero-order chi connectivity index (χ0) is 20.9. The van der Waals surface area contributed by atoms with Gasteiger partial charge in [-0.05, 0) is 42.8 Å². The maximum atomic E-state index is 12.3. The number of halogens is 1. The van der Waals surface area contributed by atoms with E-state index >= 15 is 0 Å². The highest BCUT2D eigenvalue weighted by Gasteiger charge is 2.22. The summed E-state index contributed by atoms with van der Waals surface area (Å²) in [7, 11) is -1.12. The maximum Gasteiger partial charge on any atom is 0.276 e. The molecule has 0 aromatic heterocycles. The summed E-state index contributed by atoms with van der Waals surface area (Å²) in [6.07, 6.45) is 0. The summed E-state index contributed by atoms with van der Waals surface area (Å²) in [4.78, 5) is 23.8. The summed E-state index contributed by atoms with van der Waals surface area (Å²) in [5.74, 6) is -0.751. The highest BCUT2D eigenvalue weighted by atomic mass is 35.5. The van der Waals surface area contributed by atoms with Crippen molar-refractivity contribution in [3.63, 3.8) is 0 Å². The summed E-state index contributed by atoms with van der Waals surface area (Å²) < 4.78 is 30.8. The third-order valence-corrected chi connectivity index (χ3v) is 5.92. The smallest absolute Gasteiger partial charge is 0.276 e. The molecule has 10 heteroatoms. The van der Waals surface area contributed by atoms with Crippen molar-refractivity contribution in [1.29, 1.82) is 0 Å². The summed E-state index contributed by atoms with van der Waals surface area (Å²) in [5, 5.41) is -0.0131. The van der Waals surface area contributed by atoms with Crippen molar-refractivity contribution in [2.75, 3.05) is 20.7 Å². The Kier molecular flexibility index (Phi) is 7.00. The van der Waals surface area contributed by atoms with Crippen LogP contribution in [-0.4, -0.2) is 45.2 Å². The molecular formula is C18H20ClN3O5S. The predicted octanol–water partition coefficient (Wildman–Crippen LogP) is 1.74. The number of nitrogens with one attached hydrogen (secondary N) is 2. The van der Waals surface area contributed by atoms with Crippen LogP contribution in [0.5, 0.6) is 5.75 Å². The van der Waals surface area contributed by atoms with Gasteiger partial charge in [-0.1, -0.05) is 23.7 Å². The molecule has 0 radical (unpaired) electrons. The predicted molar refractivity (Wildman–Crippen MR) is 105 cm³/mol. The second kappa shape index (κ2) is 9.05. The summed E-state index contributed by atoms with van der Waals surface area (Å²) >= 11 is 5.94. The SMILES string of the molecule is Cc1cccc(OCC(=O)NNC(=O)c2ccc(Cl)c(S(=O)(=O)N(C)C)c2)c1. The van der Waals surface area contributed by atoms with Crippen molar-refractivity contribution < 1.29 is 22.7 Å².